The highest BCUT2D eigenvalue weighted by Gasteiger charge is 2.14. The van der Waals surface area contributed by atoms with Crippen LogP contribution < -0.4 is 0 Å². The average molecular weight is 208 g/mol. The molecule has 0 aliphatic carbocycles. The van der Waals surface area contributed by atoms with E-state index in [2.05, 4.69) is 20.8 Å². The smallest absolute Gasteiger partial charge is 0.115 e. The van der Waals surface area contributed by atoms with Gasteiger partial charge in [-0.25, -0.2) is 0 Å². The first-order valence-electron chi connectivity index (χ1n) is 5.22. The molecule has 2 nitrogen and oxygen atoms in total. The maximum Gasteiger partial charge on any atom is 0.115 e. The summed E-state index contributed by atoms with van der Waals surface area (Å²) in [6.45, 7) is 7.17. The fraction of sp³-hybridized carbons (Fsp3) is 0.538. The summed E-state index contributed by atoms with van der Waals surface area (Å²) in [5.74, 6) is 0.328. The first kappa shape index (κ1) is 12.1. The van der Waals surface area contributed by atoms with Crippen molar-refractivity contribution >= 4 is 0 Å². The van der Waals surface area contributed by atoms with Crippen molar-refractivity contribution in [2.24, 2.45) is 5.41 Å². The summed E-state index contributed by atoms with van der Waals surface area (Å²) in [4.78, 5) is 0. The van der Waals surface area contributed by atoms with Crippen LogP contribution in [-0.2, 0) is 17.8 Å². The summed E-state index contributed by atoms with van der Waals surface area (Å²) >= 11 is 0. The SMILES string of the molecule is COCc1ccc(O)cc1CC(C)(C)C. The fourth-order valence-electron chi connectivity index (χ4n) is 1.64. The zero-order valence-corrected chi connectivity index (χ0v) is 10.0. The van der Waals surface area contributed by atoms with Crippen molar-refractivity contribution in [3.8, 4) is 5.75 Å². The maximum atomic E-state index is 9.46. The van der Waals surface area contributed by atoms with Crippen molar-refractivity contribution in [2.75, 3.05) is 7.11 Å². The Morgan fingerprint density at radius 2 is 1.87 bits per heavy atom. The van der Waals surface area contributed by atoms with E-state index in [1.165, 1.54) is 5.56 Å². The van der Waals surface area contributed by atoms with E-state index in [0.29, 0.717) is 12.4 Å². The zero-order valence-electron chi connectivity index (χ0n) is 10.0. The molecule has 1 aromatic carbocycles. The quantitative estimate of drug-likeness (QED) is 0.827. The Hall–Kier alpha value is -1.02. The van der Waals surface area contributed by atoms with Gasteiger partial charge in [-0.2, -0.15) is 0 Å². The number of ether oxygens (including phenoxy) is 1. The summed E-state index contributed by atoms with van der Waals surface area (Å²) in [7, 11) is 1.69. The minimum atomic E-state index is 0.219. The molecule has 84 valence electrons. The molecule has 0 saturated carbocycles. The van der Waals surface area contributed by atoms with Gasteiger partial charge < -0.3 is 9.84 Å². The van der Waals surface area contributed by atoms with Gasteiger partial charge in [0.2, 0.25) is 0 Å². The summed E-state index contributed by atoms with van der Waals surface area (Å²) in [5.41, 5.74) is 2.55. The number of methoxy groups -OCH3 is 1. The molecule has 0 amide bonds. The van der Waals surface area contributed by atoms with Gasteiger partial charge in [-0.05, 0) is 35.1 Å². The van der Waals surface area contributed by atoms with Crippen LogP contribution in [-0.4, -0.2) is 12.2 Å². The first-order chi connectivity index (χ1) is 6.92. The second kappa shape index (κ2) is 4.67. The third-order valence-corrected chi connectivity index (χ3v) is 2.21. The molecule has 15 heavy (non-hydrogen) atoms. The van der Waals surface area contributed by atoms with E-state index < -0.39 is 0 Å². The number of benzene rings is 1. The summed E-state index contributed by atoms with van der Waals surface area (Å²) in [6, 6.07) is 5.47. The monoisotopic (exact) mass is 208 g/mol. The fourth-order valence-corrected chi connectivity index (χ4v) is 1.64. The highest BCUT2D eigenvalue weighted by atomic mass is 16.5. The lowest BCUT2D eigenvalue weighted by molar-refractivity contribution is 0.183. The minimum absolute atomic E-state index is 0.219. The molecule has 0 bridgehead atoms. The first-order valence-corrected chi connectivity index (χ1v) is 5.22. The average Bonchev–Trinajstić information content (AvgIpc) is 2.07. The van der Waals surface area contributed by atoms with Crippen molar-refractivity contribution in [3.63, 3.8) is 0 Å². The van der Waals surface area contributed by atoms with E-state index in [1.807, 2.05) is 12.1 Å². The summed E-state index contributed by atoms with van der Waals surface area (Å²) in [6.07, 6.45) is 0.945. The predicted molar refractivity (Wildman–Crippen MR) is 62.0 cm³/mol. The van der Waals surface area contributed by atoms with Crippen LogP contribution in [0.15, 0.2) is 18.2 Å². The molecule has 0 unspecified atom stereocenters. The highest BCUT2D eigenvalue weighted by Crippen LogP contribution is 2.26. The lowest BCUT2D eigenvalue weighted by atomic mass is 9.86. The Morgan fingerprint density at radius 3 is 2.40 bits per heavy atom. The molecule has 1 N–H and O–H groups in total. The molecule has 0 aliphatic rings. The predicted octanol–water partition coefficient (Wildman–Crippen LogP) is 3.13. The van der Waals surface area contributed by atoms with Crippen LogP contribution >= 0.6 is 0 Å². The van der Waals surface area contributed by atoms with Gasteiger partial charge in [0.15, 0.2) is 0 Å². The number of hydrogen-bond donors (Lipinski definition) is 1. The highest BCUT2D eigenvalue weighted by molar-refractivity contribution is 5.35. The second-order valence-electron chi connectivity index (χ2n) is 5.12. The van der Waals surface area contributed by atoms with Gasteiger partial charge in [0.25, 0.3) is 0 Å². The van der Waals surface area contributed by atoms with E-state index in [-0.39, 0.29) is 5.41 Å². The van der Waals surface area contributed by atoms with Crippen molar-refractivity contribution in [3.05, 3.63) is 29.3 Å². The van der Waals surface area contributed by atoms with Crippen LogP contribution in [0, 0.1) is 5.41 Å². The van der Waals surface area contributed by atoms with Crippen LogP contribution in [0.2, 0.25) is 0 Å². The van der Waals surface area contributed by atoms with Gasteiger partial charge in [0.05, 0.1) is 6.61 Å². The van der Waals surface area contributed by atoms with E-state index in [9.17, 15) is 5.11 Å². The number of rotatable bonds is 3. The van der Waals surface area contributed by atoms with Crippen molar-refractivity contribution < 1.29 is 9.84 Å². The lowest BCUT2D eigenvalue weighted by Crippen LogP contribution is -2.11. The zero-order chi connectivity index (χ0) is 11.5. The van der Waals surface area contributed by atoms with E-state index in [0.717, 1.165) is 12.0 Å². The van der Waals surface area contributed by atoms with Crippen molar-refractivity contribution in [1.82, 2.24) is 0 Å². The molecule has 2 heteroatoms. The van der Waals surface area contributed by atoms with Crippen LogP contribution in [0.4, 0.5) is 0 Å². The molecule has 0 aromatic heterocycles. The number of phenolic OH excluding ortho intramolecular Hbond substituents is 1. The molecule has 0 saturated heterocycles. The Kier molecular flexibility index (Phi) is 3.75. The van der Waals surface area contributed by atoms with Crippen LogP contribution in [0.3, 0.4) is 0 Å². The second-order valence-corrected chi connectivity index (χ2v) is 5.12. The molecular formula is C13H20O2. The van der Waals surface area contributed by atoms with Crippen LogP contribution in [0.5, 0.6) is 5.75 Å². The van der Waals surface area contributed by atoms with E-state index >= 15 is 0 Å². The van der Waals surface area contributed by atoms with Crippen LogP contribution in [0.1, 0.15) is 31.9 Å². The van der Waals surface area contributed by atoms with E-state index in [1.54, 1.807) is 13.2 Å². The van der Waals surface area contributed by atoms with Crippen molar-refractivity contribution in [1.29, 1.82) is 0 Å². The Morgan fingerprint density at radius 1 is 1.20 bits per heavy atom. The molecule has 0 spiro atoms. The maximum absolute atomic E-state index is 9.46. The molecule has 1 rings (SSSR count). The summed E-state index contributed by atoms with van der Waals surface area (Å²) in [5, 5.41) is 9.46. The molecule has 0 atom stereocenters. The molecule has 0 fully saturated rings. The molecule has 1 aromatic rings. The molecule has 0 heterocycles. The Labute approximate surface area is 91.9 Å². The van der Waals surface area contributed by atoms with E-state index in [4.69, 9.17) is 4.74 Å². The third-order valence-electron chi connectivity index (χ3n) is 2.21. The topological polar surface area (TPSA) is 29.5 Å². The van der Waals surface area contributed by atoms with Gasteiger partial charge in [0.1, 0.15) is 5.75 Å². The van der Waals surface area contributed by atoms with Gasteiger partial charge in [-0.1, -0.05) is 26.8 Å². The molecular weight excluding hydrogens is 188 g/mol. The third kappa shape index (κ3) is 3.92. The van der Waals surface area contributed by atoms with Gasteiger partial charge in [0, 0.05) is 7.11 Å². The molecule has 0 radical (unpaired) electrons. The van der Waals surface area contributed by atoms with Crippen LogP contribution in [0.25, 0.3) is 0 Å². The number of aromatic hydroxyl groups is 1. The van der Waals surface area contributed by atoms with Gasteiger partial charge in [-0.3, -0.25) is 0 Å². The standard InChI is InChI=1S/C13H20O2/c1-13(2,3)8-11-7-12(14)6-5-10(11)9-15-4/h5-7,14H,8-9H2,1-4H3. The minimum Gasteiger partial charge on any atom is -0.508 e. The largest absolute Gasteiger partial charge is 0.508 e. The Balaban J connectivity index is 2.96. The number of phenols is 1. The Bertz CT molecular complexity index is 324. The summed E-state index contributed by atoms with van der Waals surface area (Å²) < 4.78 is 5.14. The van der Waals surface area contributed by atoms with Gasteiger partial charge >= 0.3 is 0 Å². The number of hydrogen-bond acceptors (Lipinski definition) is 2. The normalized spacial score (nSPS) is 11.7. The van der Waals surface area contributed by atoms with Gasteiger partial charge in [-0.15, -0.1) is 0 Å². The lowest BCUT2D eigenvalue weighted by Gasteiger charge is -2.20. The van der Waals surface area contributed by atoms with Crippen molar-refractivity contribution in [2.45, 2.75) is 33.8 Å². The molecule has 0 aliphatic heterocycles.